The van der Waals surface area contributed by atoms with E-state index in [2.05, 4.69) is 0 Å². The maximum absolute atomic E-state index is 10.8. The average Bonchev–Trinajstić information content (AvgIpc) is 1.87. The Morgan fingerprint density at radius 1 is 1.78 bits per heavy atom. The molecule has 0 aromatic rings. The fraction of sp³-hybridized carbons (Fsp3) is 0.833. The van der Waals surface area contributed by atoms with Crippen LogP contribution in [0.3, 0.4) is 0 Å². The van der Waals surface area contributed by atoms with Crippen molar-refractivity contribution < 1.29 is 9.91 Å². The Balaban J connectivity index is 3.58. The van der Waals surface area contributed by atoms with Crippen molar-refractivity contribution in [1.29, 1.82) is 0 Å². The van der Waals surface area contributed by atoms with Crippen molar-refractivity contribution in [1.82, 2.24) is 0 Å². The van der Waals surface area contributed by atoms with Gasteiger partial charge in [0.2, 0.25) is 0 Å². The van der Waals surface area contributed by atoms with Crippen molar-refractivity contribution >= 4 is 5.78 Å². The van der Waals surface area contributed by atoms with Gasteiger partial charge in [-0.2, -0.15) is 0 Å². The molecule has 3 heteroatoms. The number of hydrogen-bond acceptors (Lipinski definition) is 1. The zero-order valence-corrected chi connectivity index (χ0v) is 5.85. The molecule has 0 saturated carbocycles. The van der Waals surface area contributed by atoms with E-state index in [0.717, 1.165) is 6.42 Å². The fourth-order valence-electron chi connectivity index (χ4n) is 0.480. The van der Waals surface area contributed by atoms with Crippen molar-refractivity contribution in [3.05, 3.63) is 5.53 Å². The molecule has 0 rings (SSSR count). The average molecular weight is 128 g/mol. The first kappa shape index (κ1) is 8.27. The summed E-state index contributed by atoms with van der Waals surface area (Å²) >= 11 is 0. The van der Waals surface area contributed by atoms with E-state index in [4.69, 9.17) is 5.53 Å². The summed E-state index contributed by atoms with van der Waals surface area (Å²) in [6.45, 7) is 3.86. The first-order chi connectivity index (χ1) is 4.22. The molecule has 0 unspecified atom stereocenters. The van der Waals surface area contributed by atoms with Gasteiger partial charge in [-0.25, -0.2) is 0 Å². The first-order valence-corrected chi connectivity index (χ1v) is 3.12. The number of ketones is 1. The number of rotatable bonds is 4. The molecule has 0 aliphatic carbocycles. The normalized spacial score (nSPS) is 12.7. The van der Waals surface area contributed by atoms with Gasteiger partial charge in [0.15, 0.2) is 12.3 Å². The Morgan fingerprint density at radius 3 is 2.67 bits per heavy atom. The van der Waals surface area contributed by atoms with E-state index >= 15 is 0 Å². The lowest BCUT2D eigenvalue weighted by Crippen LogP contribution is -2.66. The van der Waals surface area contributed by atoms with E-state index in [1.807, 2.05) is 19.0 Å². The predicted molar refractivity (Wildman–Crippen MR) is 33.7 cm³/mol. The molecule has 52 valence electrons. The third kappa shape index (κ3) is 2.95. The van der Waals surface area contributed by atoms with Gasteiger partial charge in [-0.3, -0.25) is 4.79 Å². The molecular formula is C6H12N2O. The lowest BCUT2D eigenvalue weighted by atomic mass is 10.0. The molecular weight excluding hydrogens is 116 g/mol. The number of Topliss-reactive ketones (excluding diaryl/α,β-unsaturated/α-hetero) is 1. The van der Waals surface area contributed by atoms with E-state index in [-0.39, 0.29) is 18.2 Å². The molecule has 0 radical (unpaired) electrons. The molecule has 0 bridgehead atoms. The van der Waals surface area contributed by atoms with Gasteiger partial charge in [0.05, 0.1) is 0 Å². The summed E-state index contributed by atoms with van der Waals surface area (Å²) in [7, 11) is 0. The first-order valence-electron chi connectivity index (χ1n) is 3.12. The summed E-state index contributed by atoms with van der Waals surface area (Å²) in [5, 5.41) is 1.83. The molecule has 0 heterocycles. The fourth-order valence-corrected chi connectivity index (χ4v) is 0.480. The molecule has 1 atom stereocenters. The predicted octanol–water partition coefficient (Wildman–Crippen LogP) is -0.296. The Bertz CT molecular complexity index is 112. The van der Waals surface area contributed by atoms with Crippen LogP contribution in [-0.2, 0) is 4.79 Å². The third-order valence-electron chi connectivity index (χ3n) is 1.42. The summed E-state index contributed by atoms with van der Waals surface area (Å²) in [6, 6.07) is 0. The summed E-state index contributed by atoms with van der Waals surface area (Å²) in [5.41, 5.74) is 8.11. The second kappa shape index (κ2) is 4.18. The zero-order valence-electron chi connectivity index (χ0n) is 5.85. The molecule has 0 saturated heterocycles. The third-order valence-corrected chi connectivity index (χ3v) is 1.42. The Hall–Kier alpha value is -0.730. The van der Waals surface area contributed by atoms with Crippen LogP contribution in [0, 0.1) is 5.92 Å². The number of nitrogens with zero attached hydrogens (tertiary/aromatic N) is 1. The number of carbonyl (C=O) groups is 1. The van der Waals surface area contributed by atoms with Crippen molar-refractivity contribution in [3.63, 3.8) is 0 Å². The maximum Gasteiger partial charge on any atom is 0.198 e. The minimum absolute atomic E-state index is 0.0556. The molecule has 0 aliphatic rings. The Morgan fingerprint density at radius 2 is 2.33 bits per heavy atom. The van der Waals surface area contributed by atoms with E-state index in [1.165, 1.54) is 0 Å². The van der Waals surface area contributed by atoms with Crippen LogP contribution in [0.4, 0.5) is 0 Å². The van der Waals surface area contributed by atoms with Gasteiger partial charge in [-0.15, -0.1) is 0 Å². The molecule has 3 nitrogen and oxygen atoms in total. The van der Waals surface area contributed by atoms with Gasteiger partial charge < -0.3 is 10.6 Å². The topological polar surface area (TPSA) is 53.3 Å². The molecule has 0 fully saturated rings. The second-order valence-electron chi connectivity index (χ2n) is 2.11. The Kier molecular flexibility index (Phi) is 3.84. The van der Waals surface area contributed by atoms with E-state index in [1.54, 1.807) is 0 Å². The van der Waals surface area contributed by atoms with Crippen LogP contribution >= 0.6 is 0 Å². The molecule has 0 aromatic heterocycles. The van der Waals surface area contributed by atoms with Crippen LogP contribution in [0.5, 0.6) is 0 Å². The van der Waals surface area contributed by atoms with Crippen LogP contribution in [0.25, 0.3) is 5.53 Å². The maximum atomic E-state index is 10.8. The van der Waals surface area contributed by atoms with Crippen LogP contribution in [-0.4, -0.2) is 12.3 Å². The van der Waals surface area contributed by atoms with Crippen LogP contribution in [0.1, 0.15) is 20.3 Å². The minimum atomic E-state index is 0.0556. The van der Waals surface area contributed by atoms with Crippen molar-refractivity contribution in [2.24, 2.45) is 5.92 Å². The monoisotopic (exact) mass is 128 g/mol. The summed E-state index contributed by atoms with van der Waals surface area (Å²) in [5.74, 6) is 0.115. The number of hydrogen-bond donors (Lipinski definition) is 1. The highest BCUT2D eigenvalue weighted by atomic mass is 16.1. The summed E-state index contributed by atoms with van der Waals surface area (Å²) < 4.78 is 0. The van der Waals surface area contributed by atoms with Gasteiger partial charge in [-0.1, -0.05) is 13.8 Å². The van der Waals surface area contributed by atoms with Crippen molar-refractivity contribution in [3.8, 4) is 0 Å². The molecule has 9 heavy (non-hydrogen) atoms. The zero-order chi connectivity index (χ0) is 7.28. The highest BCUT2D eigenvalue weighted by molar-refractivity contribution is 5.81. The lowest BCUT2D eigenvalue weighted by Gasteiger charge is -2.00. The molecule has 0 spiro atoms. The summed E-state index contributed by atoms with van der Waals surface area (Å²) in [6.07, 6.45) is 0.834. The van der Waals surface area contributed by atoms with Gasteiger partial charge in [0.25, 0.3) is 0 Å². The van der Waals surface area contributed by atoms with E-state index in [9.17, 15) is 4.79 Å². The molecule has 0 aromatic carbocycles. The van der Waals surface area contributed by atoms with Gasteiger partial charge in [-0.05, 0) is 6.42 Å². The largest absolute Gasteiger partial charge is 0.508 e. The Labute approximate surface area is 55.0 Å². The quantitative estimate of drug-likeness (QED) is 0.519. The summed E-state index contributed by atoms with van der Waals surface area (Å²) in [4.78, 5) is 10.8. The van der Waals surface area contributed by atoms with E-state index < -0.39 is 0 Å². The van der Waals surface area contributed by atoms with Crippen LogP contribution in [0.2, 0.25) is 0 Å². The standard InChI is InChI=1S/C6H12N2O/c1-3-5(2)6(9)4-8-7/h5,8H,3-4H2,1-2H3/t5-/m0/s1. The highest BCUT2D eigenvalue weighted by Crippen LogP contribution is 1.99. The van der Waals surface area contributed by atoms with Gasteiger partial charge >= 0.3 is 0 Å². The van der Waals surface area contributed by atoms with E-state index in [0.29, 0.717) is 0 Å². The van der Waals surface area contributed by atoms with Crippen LogP contribution < -0.4 is 5.11 Å². The molecule has 1 N–H and O–H groups in total. The van der Waals surface area contributed by atoms with Gasteiger partial charge in [0.1, 0.15) is 0 Å². The highest BCUT2D eigenvalue weighted by Gasteiger charge is 2.09. The van der Waals surface area contributed by atoms with Crippen LogP contribution in [0.15, 0.2) is 0 Å². The molecule has 0 amide bonds. The minimum Gasteiger partial charge on any atom is -0.508 e. The number of nitrogens with one attached hydrogen (secondary N) is 1. The lowest BCUT2D eigenvalue weighted by molar-refractivity contribution is -0.468. The number of carbonyl (C=O) groups excluding carboxylic acids is 1. The molecule has 0 aliphatic heterocycles. The van der Waals surface area contributed by atoms with Crippen molar-refractivity contribution in [2.75, 3.05) is 6.54 Å². The smallest absolute Gasteiger partial charge is 0.198 e. The SMILES string of the molecule is CC[C@H](C)C(=O)C[NH+]=[N-]. The van der Waals surface area contributed by atoms with Crippen molar-refractivity contribution in [2.45, 2.75) is 20.3 Å². The second-order valence-corrected chi connectivity index (χ2v) is 2.11. The van der Waals surface area contributed by atoms with Gasteiger partial charge in [0, 0.05) is 5.92 Å².